The number of nitrogens with one attached hydrogen (secondary N) is 1. The predicted octanol–water partition coefficient (Wildman–Crippen LogP) is 1.63. The molecule has 6 nitrogen and oxygen atoms in total. The maximum Gasteiger partial charge on any atom is 0.281 e. The third-order valence-electron chi connectivity index (χ3n) is 3.55. The molecule has 0 unspecified atom stereocenters. The Balaban J connectivity index is 1.45. The molecule has 7 heteroatoms. The first kappa shape index (κ1) is 15.0. The van der Waals surface area contributed by atoms with Gasteiger partial charge in [0.1, 0.15) is 13.2 Å². The Morgan fingerprint density at radius 3 is 2.86 bits per heavy atom. The highest BCUT2D eigenvalue weighted by Crippen LogP contribution is 2.30. The van der Waals surface area contributed by atoms with E-state index in [9.17, 15) is 9.59 Å². The molecule has 0 aromatic heterocycles. The molecule has 22 heavy (non-hydrogen) atoms. The second kappa shape index (κ2) is 6.91. The largest absolute Gasteiger partial charge is 0.486 e. The zero-order valence-corrected chi connectivity index (χ0v) is 13.0. The van der Waals surface area contributed by atoms with Crippen molar-refractivity contribution in [2.75, 3.05) is 32.1 Å². The number of thioether (sulfide) groups is 1. The van der Waals surface area contributed by atoms with Crippen LogP contribution in [0.5, 0.6) is 11.5 Å². The van der Waals surface area contributed by atoms with Gasteiger partial charge in [0.2, 0.25) is 5.91 Å². The molecule has 2 aliphatic rings. The third-order valence-corrected chi connectivity index (χ3v) is 4.44. The van der Waals surface area contributed by atoms with E-state index in [-0.39, 0.29) is 11.1 Å². The molecule has 2 amide bonds. The average Bonchev–Trinajstić information content (AvgIpc) is 2.96. The smallest absolute Gasteiger partial charge is 0.281 e. The van der Waals surface area contributed by atoms with Crippen LogP contribution < -0.4 is 14.8 Å². The minimum atomic E-state index is -0.0559. The molecule has 0 spiro atoms. The molecule has 0 aliphatic carbocycles. The van der Waals surface area contributed by atoms with E-state index < -0.39 is 0 Å². The lowest BCUT2D eigenvalue weighted by Crippen LogP contribution is -2.30. The number of rotatable bonds is 5. The van der Waals surface area contributed by atoms with Crippen molar-refractivity contribution >= 4 is 22.9 Å². The van der Waals surface area contributed by atoms with Gasteiger partial charge >= 0.3 is 0 Å². The van der Waals surface area contributed by atoms with Gasteiger partial charge in [0.15, 0.2) is 11.5 Å². The molecule has 1 aromatic carbocycles. The second-order valence-electron chi connectivity index (χ2n) is 5.11. The van der Waals surface area contributed by atoms with Gasteiger partial charge in [0.05, 0.1) is 0 Å². The SMILES string of the molecule is O=C(CCN1CCSC1=O)NCc1ccc2c(c1)OCCO2. The standard InChI is InChI=1S/C15H18N2O4S/c18-14(3-4-17-5-8-22-15(17)19)16-10-11-1-2-12-13(9-11)21-7-6-20-12/h1-2,9H,3-8,10H2,(H,16,18). The molecule has 0 radical (unpaired) electrons. The molecule has 1 aromatic rings. The van der Waals surface area contributed by atoms with Crippen LogP contribution in [-0.2, 0) is 11.3 Å². The summed E-state index contributed by atoms with van der Waals surface area (Å²) in [6.45, 7) is 2.77. The molecule has 2 heterocycles. The van der Waals surface area contributed by atoms with Gasteiger partial charge in [-0.1, -0.05) is 17.8 Å². The monoisotopic (exact) mass is 322 g/mol. The van der Waals surface area contributed by atoms with Crippen LogP contribution in [0, 0.1) is 0 Å². The Kier molecular flexibility index (Phi) is 4.72. The van der Waals surface area contributed by atoms with E-state index in [1.807, 2.05) is 18.2 Å². The number of nitrogens with zero attached hydrogens (tertiary/aromatic N) is 1. The molecule has 1 saturated heterocycles. The number of ether oxygens (including phenoxy) is 2. The van der Waals surface area contributed by atoms with Gasteiger partial charge in [-0.2, -0.15) is 0 Å². The lowest BCUT2D eigenvalue weighted by molar-refractivity contribution is -0.121. The highest BCUT2D eigenvalue weighted by molar-refractivity contribution is 8.13. The van der Waals surface area contributed by atoms with Crippen LogP contribution in [0.3, 0.4) is 0 Å². The summed E-state index contributed by atoms with van der Waals surface area (Å²) in [5.41, 5.74) is 0.963. The van der Waals surface area contributed by atoms with E-state index in [1.54, 1.807) is 4.90 Å². The van der Waals surface area contributed by atoms with Crippen molar-refractivity contribution in [3.63, 3.8) is 0 Å². The van der Waals surface area contributed by atoms with Gasteiger partial charge in [-0.05, 0) is 17.7 Å². The van der Waals surface area contributed by atoms with E-state index in [1.165, 1.54) is 11.8 Å². The zero-order valence-electron chi connectivity index (χ0n) is 12.2. The van der Waals surface area contributed by atoms with Crippen molar-refractivity contribution < 1.29 is 19.1 Å². The Morgan fingerprint density at radius 2 is 2.09 bits per heavy atom. The van der Waals surface area contributed by atoms with Crippen LogP contribution in [0.1, 0.15) is 12.0 Å². The minimum Gasteiger partial charge on any atom is -0.486 e. The quantitative estimate of drug-likeness (QED) is 0.892. The van der Waals surface area contributed by atoms with Gasteiger partial charge in [0.25, 0.3) is 5.24 Å². The molecule has 0 bridgehead atoms. The van der Waals surface area contributed by atoms with Crippen LogP contribution in [0.25, 0.3) is 0 Å². The normalized spacial score (nSPS) is 16.7. The van der Waals surface area contributed by atoms with E-state index >= 15 is 0 Å². The lowest BCUT2D eigenvalue weighted by atomic mass is 10.2. The Hall–Kier alpha value is -1.89. The highest BCUT2D eigenvalue weighted by Gasteiger charge is 2.21. The fourth-order valence-corrected chi connectivity index (χ4v) is 3.20. The summed E-state index contributed by atoms with van der Waals surface area (Å²) in [6, 6.07) is 5.65. The molecule has 1 fully saturated rings. The first-order valence-corrected chi connectivity index (χ1v) is 8.28. The molecule has 2 aliphatic heterocycles. The highest BCUT2D eigenvalue weighted by atomic mass is 32.2. The topological polar surface area (TPSA) is 67.9 Å². The van der Waals surface area contributed by atoms with Crippen molar-refractivity contribution in [2.24, 2.45) is 0 Å². The van der Waals surface area contributed by atoms with E-state index in [0.717, 1.165) is 29.4 Å². The van der Waals surface area contributed by atoms with E-state index in [0.29, 0.717) is 32.7 Å². The average molecular weight is 322 g/mol. The van der Waals surface area contributed by atoms with E-state index in [2.05, 4.69) is 5.32 Å². The van der Waals surface area contributed by atoms with Gasteiger partial charge in [-0.3, -0.25) is 9.59 Å². The summed E-state index contributed by atoms with van der Waals surface area (Å²) in [7, 11) is 0. The second-order valence-corrected chi connectivity index (χ2v) is 6.15. The van der Waals surface area contributed by atoms with Crippen molar-refractivity contribution in [2.45, 2.75) is 13.0 Å². The Morgan fingerprint density at radius 1 is 1.27 bits per heavy atom. The summed E-state index contributed by atoms with van der Waals surface area (Å²) in [5.74, 6) is 2.22. The van der Waals surface area contributed by atoms with Gasteiger partial charge < -0.3 is 19.7 Å². The molecule has 1 N–H and O–H groups in total. The molecule has 118 valence electrons. The summed E-state index contributed by atoms with van der Waals surface area (Å²) < 4.78 is 11.0. The number of fused-ring (bicyclic) bond motifs is 1. The Bertz CT molecular complexity index is 579. The number of hydrogen-bond acceptors (Lipinski definition) is 5. The molecular formula is C15H18N2O4S. The third kappa shape index (κ3) is 3.65. The summed E-state index contributed by atoms with van der Waals surface area (Å²) in [4.78, 5) is 25.0. The van der Waals surface area contributed by atoms with Gasteiger partial charge in [-0.25, -0.2) is 0 Å². The summed E-state index contributed by atoms with van der Waals surface area (Å²) in [6.07, 6.45) is 0.330. The van der Waals surface area contributed by atoms with Gasteiger partial charge in [0, 0.05) is 31.8 Å². The maximum absolute atomic E-state index is 11.9. The van der Waals surface area contributed by atoms with Crippen LogP contribution in [0.2, 0.25) is 0 Å². The summed E-state index contributed by atoms with van der Waals surface area (Å²) in [5, 5.41) is 2.93. The van der Waals surface area contributed by atoms with Crippen LogP contribution in [0.4, 0.5) is 4.79 Å². The molecular weight excluding hydrogens is 304 g/mol. The van der Waals surface area contributed by atoms with Crippen molar-refractivity contribution in [1.82, 2.24) is 10.2 Å². The number of carbonyl (C=O) groups excluding carboxylic acids is 2. The predicted molar refractivity (Wildman–Crippen MR) is 83.3 cm³/mol. The van der Waals surface area contributed by atoms with Gasteiger partial charge in [-0.15, -0.1) is 0 Å². The van der Waals surface area contributed by atoms with Crippen LogP contribution in [-0.4, -0.2) is 48.1 Å². The summed E-state index contributed by atoms with van der Waals surface area (Å²) >= 11 is 1.31. The number of amides is 2. The maximum atomic E-state index is 11.9. The minimum absolute atomic E-state index is 0.0559. The molecule has 0 atom stereocenters. The number of hydrogen-bond donors (Lipinski definition) is 1. The van der Waals surface area contributed by atoms with E-state index in [4.69, 9.17) is 9.47 Å². The number of carbonyl (C=O) groups is 2. The van der Waals surface area contributed by atoms with Crippen molar-refractivity contribution in [3.05, 3.63) is 23.8 Å². The van der Waals surface area contributed by atoms with Crippen molar-refractivity contribution in [3.8, 4) is 11.5 Å². The Labute approximate surface area is 133 Å². The van der Waals surface area contributed by atoms with Crippen molar-refractivity contribution in [1.29, 1.82) is 0 Å². The fraction of sp³-hybridized carbons (Fsp3) is 0.467. The molecule has 0 saturated carbocycles. The number of benzene rings is 1. The first-order valence-electron chi connectivity index (χ1n) is 7.29. The fourth-order valence-electron chi connectivity index (χ4n) is 2.35. The zero-order chi connectivity index (χ0) is 15.4. The van der Waals surface area contributed by atoms with Crippen LogP contribution >= 0.6 is 11.8 Å². The lowest BCUT2D eigenvalue weighted by Gasteiger charge is -2.19. The first-order chi connectivity index (χ1) is 10.7. The molecule has 3 rings (SSSR count). The van der Waals surface area contributed by atoms with Crippen LogP contribution in [0.15, 0.2) is 18.2 Å².